The monoisotopic (exact) mass is 266 g/mol. The maximum absolute atomic E-state index is 12.4. The molecule has 4 nitrogen and oxygen atoms in total. The molecule has 4 heteroatoms. The van der Waals surface area contributed by atoms with Gasteiger partial charge in [0.05, 0.1) is 12.0 Å². The third-order valence-corrected chi connectivity index (χ3v) is 5.25. The Morgan fingerprint density at radius 2 is 2.11 bits per heavy atom. The van der Waals surface area contributed by atoms with Gasteiger partial charge in [0.2, 0.25) is 5.91 Å². The summed E-state index contributed by atoms with van der Waals surface area (Å²) < 4.78 is 5.62. The predicted molar refractivity (Wildman–Crippen MR) is 73.8 cm³/mol. The fourth-order valence-electron chi connectivity index (χ4n) is 4.09. The topological polar surface area (TPSA) is 50.4 Å². The standard InChI is InChI=1S/C15H26N2O2/c1-2-14-13(5-6-19-14)15(18)17-12-4-3-10-8-16-9-11(10)7-12/h10-14,16H,2-9H2,1H3,(H,17,18)/t10-,11+,12?,13?,14?/m0/s1. The average molecular weight is 266 g/mol. The van der Waals surface area contributed by atoms with Crippen molar-refractivity contribution >= 4 is 5.91 Å². The summed E-state index contributed by atoms with van der Waals surface area (Å²) in [5, 5.41) is 6.77. The molecular formula is C15H26N2O2. The van der Waals surface area contributed by atoms with Crippen LogP contribution in [0.1, 0.15) is 39.0 Å². The van der Waals surface area contributed by atoms with E-state index in [1.165, 1.54) is 13.0 Å². The molecule has 0 radical (unpaired) electrons. The van der Waals surface area contributed by atoms with Gasteiger partial charge in [-0.15, -0.1) is 0 Å². The summed E-state index contributed by atoms with van der Waals surface area (Å²) >= 11 is 0. The fourth-order valence-corrected chi connectivity index (χ4v) is 4.09. The van der Waals surface area contributed by atoms with Crippen LogP contribution in [0.3, 0.4) is 0 Å². The summed E-state index contributed by atoms with van der Waals surface area (Å²) in [5.41, 5.74) is 0. The number of hydrogen-bond donors (Lipinski definition) is 2. The summed E-state index contributed by atoms with van der Waals surface area (Å²) in [6.45, 7) is 5.17. The van der Waals surface area contributed by atoms with Gasteiger partial charge in [-0.05, 0) is 57.0 Å². The minimum absolute atomic E-state index is 0.0874. The molecule has 3 unspecified atom stereocenters. The van der Waals surface area contributed by atoms with E-state index in [0.717, 1.165) is 50.7 Å². The van der Waals surface area contributed by atoms with Crippen LogP contribution in [0.4, 0.5) is 0 Å². The number of carbonyl (C=O) groups excluding carboxylic acids is 1. The zero-order valence-corrected chi connectivity index (χ0v) is 11.9. The molecule has 0 bridgehead atoms. The summed E-state index contributed by atoms with van der Waals surface area (Å²) in [4.78, 5) is 12.4. The number of ether oxygens (including phenoxy) is 1. The summed E-state index contributed by atoms with van der Waals surface area (Å²) in [6, 6.07) is 0.395. The predicted octanol–water partition coefficient (Wildman–Crippen LogP) is 1.31. The van der Waals surface area contributed by atoms with Gasteiger partial charge in [-0.25, -0.2) is 0 Å². The molecule has 0 spiro atoms. The van der Waals surface area contributed by atoms with E-state index >= 15 is 0 Å². The second-order valence-electron chi connectivity index (χ2n) is 6.41. The molecule has 1 saturated carbocycles. The van der Waals surface area contributed by atoms with Crippen molar-refractivity contribution in [1.82, 2.24) is 10.6 Å². The summed E-state index contributed by atoms with van der Waals surface area (Å²) in [7, 11) is 0. The van der Waals surface area contributed by atoms with Gasteiger partial charge in [0.15, 0.2) is 0 Å². The number of carbonyl (C=O) groups is 1. The molecule has 3 rings (SSSR count). The Labute approximate surface area is 115 Å². The summed E-state index contributed by atoms with van der Waals surface area (Å²) in [6.07, 6.45) is 5.56. The van der Waals surface area contributed by atoms with Crippen LogP contribution in [0, 0.1) is 17.8 Å². The maximum atomic E-state index is 12.4. The highest BCUT2D eigenvalue weighted by Gasteiger charge is 2.37. The first-order valence-electron chi connectivity index (χ1n) is 7.90. The van der Waals surface area contributed by atoms with E-state index in [1.54, 1.807) is 0 Å². The fraction of sp³-hybridized carbons (Fsp3) is 0.933. The Balaban J connectivity index is 1.52. The Morgan fingerprint density at radius 1 is 1.26 bits per heavy atom. The number of fused-ring (bicyclic) bond motifs is 1. The Bertz CT molecular complexity index is 334. The van der Waals surface area contributed by atoms with Gasteiger partial charge in [0.25, 0.3) is 0 Å². The largest absolute Gasteiger partial charge is 0.377 e. The van der Waals surface area contributed by atoms with Crippen molar-refractivity contribution in [2.24, 2.45) is 17.8 Å². The molecule has 2 N–H and O–H groups in total. The highest BCUT2D eigenvalue weighted by Crippen LogP contribution is 2.33. The van der Waals surface area contributed by atoms with Gasteiger partial charge in [-0.1, -0.05) is 6.92 Å². The molecule has 2 heterocycles. The van der Waals surface area contributed by atoms with Crippen molar-refractivity contribution in [2.45, 2.75) is 51.2 Å². The first kappa shape index (κ1) is 13.4. The van der Waals surface area contributed by atoms with Gasteiger partial charge >= 0.3 is 0 Å². The molecule has 5 atom stereocenters. The third kappa shape index (κ3) is 2.79. The molecule has 1 aliphatic carbocycles. The van der Waals surface area contributed by atoms with Gasteiger partial charge in [0, 0.05) is 12.6 Å². The van der Waals surface area contributed by atoms with Crippen molar-refractivity contribution in [3.8, 4) is 0 Å². The molecule has 0 aromatic carbocycles. The van der Waals surface area contributed by atoms with Crippen LogP contribution in [0.25, 0.3) is 0 Å². The molecule has 3 aliphatic rings. The van der Waals surface area contributed by atoms with Crippen LogP contribution in [0.15, 0.2) is 0 Å². The minimum Gasteiger partial charge on any atom is -0.377 e. The molecule has 0 aromatic heterocycles. The van der Waals surface area contributed by atoms with Crippen LogP contribution in [0.5, 0.6) is 0 Å². The third-order valence-electron chi connectivity index (χ3n) is 5.25. The minimum atomic E-state index is 0.0874. The molecule has 108 valence electrons. The lowest BCUT2D eigenvalue weighted by atomic mass is 9.79. The number of amides is 1. The molecular weight excluding hydrogens is 240 g/mol. The van der Waals surface area contributed by atoms with Gasteiger partial charge in [0.1, 0.15) is 0 Å². The SMILES string of the molecule is CCC1OCCC1C(=O)NC1CC[C@H]2CNC[C@H]2C1. The first-order valence-corrected chi connectivity index (χ1v) is 7.90. The highest BCUT2D eigenvalue weighted by atomic mass is 16.5. The van der Waals surface area contributed by atoms with Crippen LogP contribution < -0.4 is 10.6 Å². The van der Waals surface area contributed by atoms with Crippen molar-refractivity contribution in [2.75, 3.05) is 19.7 Å². The van der Waals surface area contributed by atoms with Gasteiger partial charge in [-0.3, -0.25) is 4.79 Å². The first-order chi connectivity index (χ1) is 9.28. The van der Waals surface area contributed by atoms with E-state index in [9.17, 15) is 4.79 Å². The smallest absolute Gasteiger partial charge is 0.226 e. The molecule has 19 heavy (non-hydrogen) atoms. The van der Waals surface area contributed by atoms with E-state index in [4.69, 9.17) is 4.74 Å². The number of hydrogen-bond acceptors (Lipinski definition) is 3. The Morgan fingerprint density at radius 3 is 2.95 bits per heavy atom. The van der Waals surface area contributed by atoms with E-state index in [1.807, 2.05) is 0 Å². The second-order valence-corrected chi connectivity index (χ2v) is 6.41. The van der Waals surface area contributed by atoms with Crippen LogP contribution in [-0.4, -0.2) is 37.7 Å². The van der Waals surface area contributed by atoms with Crippen molar-refractivity contribution in [1.29, 1.82) is 0 Å². The molecule has 0 aromatic rings. The van der Waals surface area contributed by atoms with E-state index in [2.05, 4.69) is 17.6 Å². The van der Waals surface area contributed by atoms with Crippen LogP contribution >= 0.6 is 0 Å². The Kier molecular flexibility index (Phi) is 4.08. The van der Waals surface area contributed by atoms with Gasteiger partial charge in [-0.2, -0.15) is 0 Å². The van der Waals surface area contributed by atoms with Crippen molar-refractivity contribution in [3.63, 3.8) is 0 Å². The second kappa shape index (κ2) is 5.80. The summed E-state index contributed by atoms with van der Waals surface area (Å²) in [5.74, 6) is 1.95. The van der Waals surface area contributed by atoms with Gasteiger partial charge < -0.3 is 15.4 Å². The number of rotatable bonds is 3. The van der Waals surface area contributed by atoms with E-state index in [-0.39, 0.29) is 17.9 Å². The highest BCUT2D eigenvalue weighted by molar-refractivity contribution is 5.79. The zero-order valence-electron chi connectivity index (χ0n) is 11.9. The Hall–Kier alpha value is -0.610. The van der Waals surface area contributed by atoms with Crippen LogP contribution in [-0.2, 0) is 9.53 Å². The van der Waals surface area contributed by atoms with E-state index in [0.29, 0.717) is 6.04 Å². The zero-order chi connectivity index (χ0) is 13.2. The lowest BCUT2D eigenvalue weighted by Crippen LogP contribution is -2.44. The quantitative estimate of drug-likeness (QED) is 0.809. The van der Waals surface area contributed by atoms with Crippen LogP contribution in [0.2, 0.25) is 0 Å². The molecule has 1 amide bonds. The van der Waals surface area contributed by atoms with Crippen molar-refractivity contribution in [3.05, 3.63) is 0 Å². The molecule has 3 fully saturated rings. The lowest BCUT2D eigenvalue weighted by molar-refractivity contribution is -0.127. The molecule has 2 aliphatic heterocycles. The maximum Gasteiger partial charge on any atom is 0.226 e. The van der Waals surface area contributed by atoms with E-state index < -0.39 is 0 Å². The average Bonchev–Trinajstić information content (AvgIpc) is 3.06. The normalized spacial score (nSPS) is 42.1. The lowest BCUT2D eigenvalue weighted by Gasteiger charge is -2.32. The number of nitrogens with one attached hydrogen (secondary N) is 2. The van der Waals surface area contributed by atoms with Crippen molar-refractivity contribution < 1.29 is 9.53 Å². The molecule has 2 saturated heterocycles.